The van der Waals surface area contributed by atoms with Crippen LogP contribution in [-0.2, 0) is 17.8 Å². The van der Waals surface area contributed by atoms with Crippen molar-refractivity contribution in [1.29, 1.82) is 0 Å². The van der Waals surface area contributed by atoms with E-state index < -0.39 is 0 Å². The summed E-state index contributed by atoms with van der Waals surface area (Å²) in [7, 11) is 0. The largest absolute Gasteiger partial charge is 0.487 e. The first kappa shape index (κ1) is 14.4. The van der Waals surface area contributed by atoms with E-state index in [0.29, 0.717) is 6.54 Å². The summed E-state index contributed by atoms with van der Waals surface area (Å²) in [6, 6.07) is 6.31. The number of hydrogen-bond acceptors (Lipinski definition) is 3. The topological polar surface area (TPSA) is 41.6 Å². The number of ether oxygens (including phenoxy) is 1. The molecule has 1 aromatic rings. The minimum Gasteiger partial charge on any atom is -0.487 e. The van der Waals surface area contributed by atoms with Gasteiger partial charge in [0.1, 0.15) is 11.4 Å². The van der Waals surface area contributed by atoms with Crippen LogP contribution in [-0.4, -0.2) is 36.0 Å². The number of fused-ring (bicyclic) bond motifs is 1. The zero-order chi connectivity index (χ0) is 14.9. The quantitative estimate of drug-likeness (QED) is 0.922. The Balaban J connectivity index is 1.51. The first-order valence-electron chi connectivity index (χ1n) is 7.83. The lowest BCUT2D eigenvalue weighted by molar-refractivity contribution is -0.129. The highest BCUT2D eigenvalue weighted by Crippen LogP contribution is 2.35. The molecule has 2 aliphatic heterocycles. The van der Waals surface area contributed by atoms with Gasteiger partial charge in [0.05, 0.1) is 6.54 Å². The second kappa shape index (κ2) is 5.68. The molecule has 4 nitrogen and oxygen atoms in total. The van der Waals surface area contributed by atoms with Crippen molar-refractivity contribution in [3.8, 4) is 5.75 Å². The Labute approximate surface area is 126 Å². The molecule has 2 aliphatic rings. The Hall–Kier alpha value is -1.55. The number of likely N-dealkylation sites (tertiary alicyclic amines) is 1. The van der Waals surface area contributed by atoms with Crippen LogP contribution in [0, 0.1) is 0 Å². The second-order valence-corrected chi connectivity index (χ2v) is 6.67. The van der Waals surface area contributed by atoms with Gasteiger partial charge in [0, 0.05) is 26.1 Å². The van der Waals surface area contributed by atoms with Gasteiger partial charge in [0.15, 0.2) is 0 Å². The molecule has 0 bridgehead atoms. The Morgan fingerprint density at radius 2 is 2.10 bits per heavy atom. The number of carbonyl (C=O) groups excluding carboxylic acids is 1. The SMILES string of the molecule is CC1(C)Cc2cc(CNCC(=O)N3CCCC3)ccc2O1. The molecule has 1 aromatic carbocycles. The van der Waals surface area contributed by atoms with Gasteiger partial charge in [-0.3, -0.25) is 4.79 Å². The molecule has 0 aliphatic carbocycles. The van der Waals surface area contributed by atoms with Crippen LogP contribution in [0.25, 0.3) is 0 Å². The third kappa shape index (κ3) is 3.38. The average molecular weight is 288 g/mol. The molecule has 0 radical (unpaired) electrons. The second-order valence-electron chi connectivity index (χ2n) is 6.67. The number of nitrogens with zero attached hydrogens (tertiary/aromatic N) is 1. The molecule has 4 heteroatoms. The highest BCUT2D eigenvalue weighted by molar-refractivity contribution is 5.78. The number of amides is 1. The maximum absolute atomic E-state index is 12.0. The van der Waals surface area contributed by atoms with Gasteiger partial charge >= 0.3 is 0 Å². The lowest BCUT2D eigenvalue weighted by Crippen LogP contribution is -2.35. The molecule has 114 valence electrons. The normalized spacial score (nSPS) is 19.4. The van der Waals surface area contributed by atoms with E-state index in [0.717, 1.165) is 44.6 Å². The van der Waals surface area contributed by atoms with Crippen LogP contribution in [0.5, 0.6) is 5.75 Å². The van der Waals surface area contributed by atoms with Gasteiger partial charge in [-0.25, -0.2) is 0 Å². The van der Waals surface area contributed by atoms with E-state index in [9.17, 15) is 4.79 Å². The number of nitrogens with one attached hydrogen (secondary N) is 1. The molecule has 0 saturated carbocycles. The number of hydrogen-bond donors (Lipinski definition) is 1. The van der Waals surface area contributed by atoms with Gasteiger partial charge in [0.2, 0.25) is 5.91 Å². The molecule has 2 heterocycles. The minimum absolute atomic E-state index is 0.0971. The van der Waals surface area contributed by atoms with E-state index in [1.165, 1.54) is 11.1 Å². The van der Waals surface area contributed by atoms with Crippen molar-refractivity contribution in [2.24, 2.45) is 0 Å². The maximum Gasteiger partial charge on any atom is 0.236 e. The number of benzene rings is 1. The van der Waals surface area contributed by atoms with E-state index in [4.69, 9.17) is 4.74 Å². The van der Waals surface area contributed by atoms with E-state index >= 15 is 0 Å². The van der Waals surface area contributed by atoms with Crippen LogP contribution in [0.15, 0.2) is 18.2 Å². The van der Waals surface area contributed by atoms with Crippen molar-refractivity contribution in [1.82, 2.24) is 10.2 Å². The number of carbonyl (C=O) groups is 1. The van der Waals surface area contributed by atoms with Gasteiger partial charge in [-0.15, -0.1) is 0 Å². The first-order valence-corrected chi connectivity index (χ1v) is 7.83. The zero-order valence-corrected chi connectivity index (χ0v) is 12.9. The van der Waals surface area contributed by atoms with Crippen molar-refractivity contribution in [3.63, 3.8) is 0 Å². The summed E-state index contributed by atoms with van der Waals surface area (Å²) < 4.78 is 5.88. The fraction of sp³-hybridized carbons (Fsp3) is 0.588. The van der Waals surface area contributed by atoms with Crippen LogP contribution in [0.4, 0.5) is 0 Å². The van der Waals surface area contributed by atoms with Crippen molar-refractivity contribution in [2.75, 3.05) is 19.6 Å². The van der Waals surface area contributed by atoms with E-state index in [2.05, 4.69) is 31.3 Å². The first-order chi connectivity index (χ1) is 10.0. The molecule has 1 saturated heterocycles. The molecular formula is C17H24N2O2. The van der Waals surface area contributed by atoms with Crippen LogP contribution < -0.4 is 10.1 Å². The summed E-state index contributed by atoms with van der Waals surface area (Å²) in [6.07, 6.45) is 3.24. The predicted molar refractivity (Wildman–Crippen MR) is 82.4 cm³/mol. The lowest BCUT2D eigenvalue weighted by Gasteiger charge is -2.16. The zero-order valence-electron chi connectivity index (χ0n) is 12.9. The van der Waals surface area contributed by atoms with Crippen LogP contribution >= 0.6 is 0 Å². The summed E-state index contributed by atoms with van der Waals surface area (Å²) in [5.41, 5.74) is 2.38. The van der Waals surface area contributed by atoms with Crippen LogP contribution in [0.1, 0.15) is 37.8 Å². The van der Waals surface area contributed by atoms with Gasteiger partial charge < -0.3 is 15.0 Å². The summed E-state index contributed by atoms with van der Waals surface area (Å²) in [5.74, 6) is 1.22. The summed E-state index contributed by atoms with van der Waals surface area (Å²) >= 11 is 0. The monoisotopic (exact) mass is 288 g/mol. The van der Waals surface area contributed by atoms with E-state index in [1.807, 2.05) is 11.0 Å². The van der Waals surface area contributed by atoms with Crippen molar-refractivity contribution in [2.45, 2.75) is 45.3 Å². The molecular weight excluding hydrogens is 264 g/mol. The smallest absolute Gasteiger partial charge is 0.236 e. The molecule has 0 aromatic heterocycles. The summed E-state index contributed by atoms with van der Waals surface area (Å²) in [6.45, 7) is 7.23. The van der Waals surface area contributed by atoms with Gasteiger partial charge in [-0.2, -0.15) is 0 Å². The number of rotatable bonds is 4. The predicted octanol–water partition coefficient (Wildman–Crippen LogP) is 2.11. The highest BCUT2D eigenvalue weighted by atomic mass is 16.5. The highest BCUT2D eigenvalue weighted by Gasteiger charge is 2.29. The Kier molecular flexibility index (Phi) is 3.89. The van der Waals surface area contributed by atoms with Gasteiger partial charge in [-0.05, 0) is 43.9 Å². The summed E-state index contributed by atoms with van der Waals surface area (Å²) in [5, 5.41) is 3.26. The maximum atomic E-state index is 12.0. The van der Waals surface area contributed by atoms with Crippen LogP contribution in [0.2, 0.25) is 0 Å². The fourth-order valence-corrected chi connectivity index (χ4v) is 3.16. The van der Waals surface area contributed by atoms with Gasteiger partial charge in [-0.1, -0.05) is 12.1 Å². The Bertz CT molecular complexity index is 534. The molecule has 3 rings (SSSR count). The van der Waals surface area contributed by atoms with Crippen molar-refractivity contribution in [3.05, 3.63) is 29.3 Å². The van der Waals surface area contributed by atoms with E-state index in [1.54, 1.807) is 0 Å². The van der Waals surface area contributed by atoms with E-state index in [-0.39, 0.29) is 11.5 Å². The molecule has 0 spiro atoms. The molecule has 21 heavy (non-hydrogen) atoms. The molecule has 0 unspecified atom stereocenters. The lowest BCUT2D eigenvalue weighted by atomic mass is 10.0. The Morgan fingerprint density at radius 1 is 1.33 bits per heavy atom. The van der Waals surface area contributed by atoms with Crippen LogP contribution in [0.3, 0.4) is 0 Å². The third-order valence-electron chi connectivity index (χ3n) is 4.19. The van der Waals surface area contributed by atoms with Crippen molar-refractivity contribution >= 4 is 5.91 Å². The molecule has 1 N–H and O–H groups in total. The molecule has 1 fully saturated rings. The average Bonchev–Trinajstić information content (AvgIpc) is 3.03. The molecule has 1 amide bonds. The third-order valence-corrected chi connectivity index (χ3v) is 4.19. The van der Waals surface area contributed by atoms with Crippen molar-refractivity contribution < 1.29 is 9.53 Å². The minimum atomic E-state index is -0.0971. The Morgan fingerprint density at radius 3 is 2.86 bits per heavy atom. The summed E-state index contributed by atoms with van der Waals surface area (Å²) in [4.78, 5) is 13.9. The molecule has 0 atom stereocenters. The standard InChI is InChI=1S/C17H24N2O2/c1-17(2)10-14-9-13(5-6-15(14)21-17)11-18-12-16(20)19-7-3-4-8-19/h5-6,9,18H,3-4,7-8,10-12H2,1-2H3. The fourth-order valence-electron chi connectivity index (χ4n) is 3.16. The van der Waals surface area contributed by atoms with Gasteiger partial charge in [0.25, 0.3) is 0 Å².